The standard InChI is InChI=1S/C19H21FN2O2/c1-12-6-5-7-17(14(12)3)21-18(23)11-22(4)19(24)15-9-8-13(2)16(20)10-15/h5-10H,11H2,1-4H3,(H,21,23). The Balaban J connectivity index is 2.04. The normalized spacial score (nSPS) is 10.4. The van der Waals surface area contributed by atoms with Crippen LogP contribution in [0.4, 0.5) is 10.1 Å². The number of hydrogen-bond donors (Lipinski definition) is 1. The van der Waals surface area contributed by atoms with Crippen molar-refractivity contribution in [2.75, 3.05) is 18.9 Å². The van der Waals surface area contributed by atoms with Gasteiger partial charge in [0.15, 0.2) is 0 Å². The van der Waals surface area contributed by atoms with E-state index < -0.39 is 11.7 Å². The Labute approximate surface area is 141 Å². The lowest BCUT2D eigenvalue weighted by Gasteiger charge is -2.18. The van der Waals surface area contributed by atoms with Crippen molar-refractivity contribution < 1.29 is 14.0 Å². The molecule has 0 aliphatic heterocycles. The Bertz CT molecular complexity index is 787. The maximum atomic E-state index is 13.6. The molecule has 5 heteroatoms. The third-order valence-electron chi connectivity index (χ3n) is 4.02. The van der Waals surface area contributed by atoms with Gasteiger partial charge >= 0.3 is 0 Å². The van der Waals surface area contributed by atoms with Gasteiger partial charge in [-0.15, -0.1) is 0 Å². The predicted molar refractivity (Wildman–Crippen MR) is 92.6 cm³/mol. The number of nitrogens with one attached hydrogen (secondary N) is 1. The fourth-order valence-corrected chi connectivity index (χ4v) is 2.31. The predicted octanol–water partition coefficient (Wildman–Crippen LogP) is 3.46. The fraction of sp³-hybridized carbons (Fsp3) is 0.263. The molecule has 2 aromatic carbocycles. The Morgan fingerprint density at radius 2 is 1.79 bits per heavy atom. The van der Waals surface area contributed by atoms with Crippen molar-refractivity contribution in [3.8, 4) is 0 Å². The van der Waals surface area contributed by atoms with Crippen LogP contribution in [0, 0.1) is 26.6 Å². The summed E-state index contributed by atoms with van der Waals surface area (Å²) in [5.41, 5.74) is 3.48. The number of rotatable bonds is 4. The van der Waals surface area contributed by atoms with Gasteiger partial charge in [0, 0.05) is 18.3 Å². The quantitative estimate of drug-likeness (QED) is 0.934. The van der Waals surface area contributed by atoms with Crippen molar-refractivity contribution >= 4 is 17.5 Å². The Morgan fingerprint density at radius 3 is 2.46 bits per heavy atom. The summed E-state index contributed by atoms with van der Waals surface area (Å²) >= 11 is 0. The molecule has 2 rings (SSSR count). The first-order valence-corrected chi connectivity index (χ1v) is 7.67. The third-order valence-corrected chi connectivity index (χ3v) is 4.02. The number of amides is 2. The Morgan fingerprint density at radius 1 is 1.08 bits per heavy atom. The minimum Gasteiger partial charge on any atom is -0.332 e. The molecule has 2 aromatic rings. The lowest BCUT2D eigenvalue weighted by molar-refractivity contribution is -0.116. The third kappa shape index (κ3) is 3.98. The molecule has 2 amide bonds. The zero-order chi connectivity index (χ0) is 17.9. The second kappa shape index (κ2) is 7.25. The molecule has 0 saturated heterocycles. The first-order chi connectivity index (χ1) is 11.3. The average Bonchev–Trinajstić information content (AvgIpc) is 2.53. The SMILES string of the molecule is Cc1ccc(C(=O)N(C)CC(=O)Nc2cccc(C)c2C)cc1F. The monoisotopic (exact) mass is 328 g/mol. The molecule has 0 unspecified atom stereocenters. The van der Waals surface area contributed by atoms with E-state index in [0.29, 0.717) is 5.56 Å². The number of hydrogen-bond acceptors (Lipinski definition) is 2. The number of benzene rings is 2. The van der Waals surface area contributed by atoms with E-state index in [1.54, 1.807) is 19.1 Å². The second-order valence-electron chi connectivity index (χ2n) is 5.92. The number of anilines is 1. The summed E-state index contributed by atoms with van der Waals surface area (Å²) < 4.78 is 13.6. The van der Waals surface area contributed by atoms with Crippen LogP contribution >= 0.6 is 0 Å². The molecule has 0 aromatic heterocycles. The Hall–Kier alpha value is -2.69. The largest absolute Gasteiger partial charge is 0.332 e. The Kier molecular flexibility index (Phi) is 5.34. The van der Waals surface area contributed by atoms with Crippen LogP contribution in [-0.4, -0.2) is 30.3 Å². The first-order valence-electron chi connectivity index (χ1n) is 7.67. The summed E-state index contributed by atoms with van der Waals surface area (Å²) in [4.78, 5) is 25.7. The second-order valence-corrected chi connectivity index (χ2v) is 5.92. The molecule has 0 bridgehead atoms. The molecular formula is C19H21FN2O2. The minimum absolute atomic E-state index is 0.109. The van der Waals surface area contributed by atoms with E-state index in [4.69, 9.17) is 0 Å². The lowest BCUT2D eigenvalue weighted by atomic mass is 10.1. The van der Waals surface area contributed by atoms with Gasteiger partial charge in [0.25, 0.3) is 5.91 Å². The van der Waals surface area contributed by atoms with Crippen molar-refractivity contribution in [1.29, 1.82) is 0 Å². The molecule has 4 nitrogen and oxygen atoms in total. The van der Waals surface area contributed by atoms with E-state index in [1.807, 2.05) is 32.0 Å². The van der Waals surface area contributed by atoms with Gasteiger partial charge in [0.1, 0.15) is 5.82 Å². The van der Waals surface area contributed by atoms with Gasteiger partial charge in [0.2, 0.25) is 5.91 Å². The molecule has 0 aliphatic carbocycles. The van der Waals surface area contributed by atoms with Gasteiger partial charge in [-0.1, -0.05) is 18.2 Å². The van der Waals surface area contributed by atoms with E-state index in [0.717, 1.165) is 16.8 Å². The topological polar surface area (TPSA) is 49.4 Å². The number of likely N-dealkylation sites (N-methyl/N-ethyl adjacent to an activating group) is 1. The van der Waals surface area contributed by atoms with Crippen LogP contribution in [0.1, 0.15) is 27.0 Å². The fourth-order valence-electron chi connectivity index (χ4n) is 2.31. The van der Waals surface area contributed by atoms with E-state index in [2.05, 4.69) is 5.32 Å². The molecule has 0 atom stereocenters. The number of carbonyl (C=O) groups excluding carboxylic acids is 2. The maximum absolute atomic E-state index is 13.6. The summed E-state index contributed by atoms with van der Waals surface area (Å²) in [5, 5.41) is 2.80. The summed E-state index contributed by atoms with van der Waals surface area (Å²) in [7, 11) is 1.52. The van der Waals surface area contributed by atoms with Crippen LogP contribution < -0.4 is 5.32 Å². The highest BCUT2D eigenvalue weighted by Gasteiger charge is 2.16. The summed E-state index contributed by atoms with van der Waals surface area (Å²) in [6.07, 6.45) is 0. The number of carbonyl (C=O) groups is 2. The molecule has 1 N–H and O–H groups in total. The number of aryl methyl sites for hydroxylation is 2. The van der Waals surface area contributed by atoms with Gasteiger partial charge in [-0.2, -0.15) is 0 Å². The van der Waals surface area contributed by atoms with Crippen LogP contribution in [0.2, 0.25) is 0 Å². The molecule has 0 heterocycles. The summed E-state index contributed by atoms with van der Waals surface area (Å²) in [5.74, 6) is -1.13. The highest BCUT2D eigenvalue weighted by molar-refractivity contribution is 5.99. The van der Waals surface area contributed by atoms with Gasteiger partial charge in [-0.25, -0.2) is 4.39 Å². The lowest BCUT2D eigenvalue weighted by Crippen LogP contribution is -2.35. The van der Waals surface area contributed by atoms with Crippen molar-refractivity contribution in [2.45, 2.75) is 20.8 Å². The summed E-state index contributed by atoms with van der Waals surface area (Å²) in [6, 6.07) is 9.94. The van der Waals surface area contributed by atoms with Gasteiger partial charge in [-0.05, 0) is 55.7 Å². The average molecular weight is 328 g/mol. The highest BCUT2D eigenvalue weighted by Crippen LogP contribution is 2.18. The molecule has 24 heavy (non-hydrogen) atoms. The molecular weight excluding hydrogens is 307 g/mol. The van der Waals surface area contributed by atoms with Crippen LogP contribution in [-0.2, 0) is 4.79 Å². The number of halogens is 1. The first kappa shape index (κ1) is 17.7. The van der Waals surface area contributed by atoms with Gasteiger partial charge < -0.3 is 10.2 Å². The molecule has 0 radical (unpaired) electrons. The van der Waals surface area contributed by atoms with E-state index in [-0.39, 0.29) is 18.0 Å². The zero-order valence-corrected chi connectivity index (χ0v) is 14.3. The molecule has 126 valence electrons. The van der Waals surface area contributed by atoms with Crippen molar-refractivity contribution in [1.82, 2.24) is 4.90 Å². The zero-order valence-electron chi connectivity index (χ0n) is 14.3. The van der Waals surface area contributed by atoms with E-state index in [1.165, 1.54) is 18.0 Å². The van der Waals surface area contributed by atoms with Gasteiger partial charge in [0.05, 0.1) is 6.54 Å². The van der Waals surface area contributed by atoms with Crippen LogP contribution in [0.5, 0.6) is 0 Å². The van der Waals surface area contributed by atoms with Crippen molar-refractivity contribution in [3.63, 3.8) is 0 Å². The van der Waals surface area contributed by atoms with Crippen molar-refractivity contribution in [3.05, 3.63) is 64.5 Å². The number of nitrogens with zero attached hydrogens (tertiary/aromatic N) is 1. The highest BCUT2D eigenvalue weighted by atomic mass is 19.1. The molecule has 0 fully saturated rings. The summed E-state index contributed by atoms with van der Waals surface area (Å²) in [6.45, 7) is 5.41. The van der Waals surface area contributed by atoms with E-state index >= 15 is 0 Å². The van der Waals surface area contributed by atoms with Crippen LogP contribution in [0.3, 0.4) is 0 Å². The van der Waals surface area contributed by atoms with E-state index in [9.17, 15) is 14.0 Å². The molecule has 0 aliphatic rings. The molecule has 0 spiro atoms. The smallest absolute Gasteiger partial charge is 0.254 e. The van der Waals surface area contributed by atoms with Gasteiger partial charge in [-0.3, -0.25) is 9.59 Å². The molecule has 0 saturated carbocycles. The maximum Gasteiger partial charge on any atom is 0.254 e. The van der Waals surface area contributed by atoms with Crippen LogP contribution in [0.15, 0.2) is 36.4 Å². The minimum atomic E-state index is -0.436. The van der Waals surface area contributed by atoms with Crippen LogP contribution in [0.25, 0.3) is 0 Å². The van der Waals surface area contributed by atoms with Crippen molar-refractivity contribution in [2.24, 2.45) is 0 Å².